The molecular weight excluding hydrogens is 647 g/mol. The summed E-state index contributed by atoms with van der Waals surface area (Å²) < 4.78 is 2.66. The van der Waals surface area contributed by atoms with E-state index in [1.54, 1.807) is 0 Å². The number of anilines is 3. The molecule has 0 amide bonds. The van der Waals surface area contributed by atoms with Crippen LogP contribution >= 0.6 is 11.3 Å². The first-order valence-electron chi connectivity index (χ1n) is 18.9. The fourth-order valence-electron chi connectivity index (χ4n) is 9.31. The van der Waals surface area contributed by atoms with Crippen LogP contribution in [0.15, 0.2) is 170 Å². The number of rotatable bonds is 7. The molecule has 1 nitrogen and oxygen atoms in total. The Labute approximate surface area is 310 Å². The van der Waals surface area contributed by atoms with Gasteiger partial charge >= 0.3 is 0 Å². The highest BCUT2D eigenvalue weighted by Crippen LogP contribution is 2.50. The Morgan fingerprint density at radius 2 is 1.02 bits per heavy atom. The first-order valence-corrected chi connectivity index (χ1v) is 19.7. The van der Waals surface area contributed by atoms with E-state index in [4.69, 9.17) is 0 Å². The van der Waals surface area contributed by atoms with Crippen molar-refractivity contribution in [3.8, 4) is 33.4 Å². The van der Waals surface area contributed by atoms with Crippen molar-refractivity contribution in [1.29, 1.82) is 0 Å². The fourth-order valence-corrected chi connectivity index (χ4v) is 10.5. The molecule has 3 aliphatic rings. The summed E-state index contributed by atoms with van der Waals surface area (Å²) in [6.45, 7) is 0. The minimum absolute atomic E-state index is 0.715. The minimum Gasteiger partial charge on any atom is -0.310 e. The molecule has 0 radical (unpaired) electrons. The molecule has 3 fully saturated rings. The van der Waals surface area contributed by atoms with Crippen LogP contribution in [0, 0.1) is 11.8 Å². The van der Waals surface area contributed by atoms with Crippen molar-refractivity contribution in [2.24, 2.45) is 11.8 Å². The Morgan fingerprint density at radius 3 is 1.65 bits per heavy atom. The van der Waals surface area contributed by atoms with E-state index < -0.39 is 0 Å². The topological polar surface area (TPSA) is 3.24 Å². The number of hydrogen-bond donors (Lipinski definition) is 0. The molecule has 252 valence electrons. The van der Waals surface area contributed by atoms with E-state index in [1.165, 1.54) is 103 Å². The quantitative estimate of drug-likeness (QED) is 0.161. The van der Waals surface area contributed by atoms with Crippen molar-refractivity contribution < 1.29 is 0 Å². The van der Waals surface area contributed by atoms with Crippen LogP contribution < -0.4 is 4.90 Å². The molecular formula is C50H41NS. The van der Waals surface area contributed by atoms with E-state index in [-0.39, 0.29) is 0 Å². The summed E-state index contributed by atoms with van der Waals surface area (Å²) in [6, 6.07) is 63.0. The Kier molecular flexibility index (Phi) is 7.99. The van der Waals surface area contributed by atoms with Crippen LogP contribution in [0.3, 0.4) is 0 Å². The van der Waals surface area contributed by atoms with E-state index >= 15 is 0 Å². The van der Waals surface area contributed by atoms with Gasteiger partial charge in [0.05, 0.1) is 0 Å². The van der Waals surface area contributed by atoms with Crippen LogP contribution in [-0.4, -0.2) is 0 Å². The summed E-state index contributed by atoms with van der Waals surface area (Å²) in [5.41, 5.74) is 12.5. The average Bonchev–Trinajstić information content (AvgIpc) is 3.60. The van der Waals surface area contributed by atoms with Crippen LogP contribution in [0.4, 0.5) is 17.1 Å². The molecule has 0 saturated heterocycles. The normalized spacial score (nSPS) is 18.2. The summed E-state index contributed by atoms with van der Waals surface area (Å²) in [5, 5.41) is 2.66. The van der Waals surface area contributed by atoms with Gasteiger partial charge in [0, 0.05) is 37.2 Å². The van der Waals surface area contributed by atoms with E-state index in [0.717, 1.165) is 17.5 Å². The summed E-state index contributed by atoms with van der Waals surface area (Å²) >= 11 is 1.88. The zero-order valence-corrected chi connectivity index (χ0v) is 30.1. The Hall–Kier alpha value is -5.44. The predicted octanol–water partition coefficient (Wildman–Crippen LogP) is 14.8. The van der Waals surface area contributed by atoms with Crippen LogP contribution in [0.2, 0.25) is 0 Å². The van der Waals surface area contributed by atoms with Gasteiger partial charge in [-0.15, -0.1) is 11.3 Å². The lowest BCUT2D eigenvalue weighted by Gasteiger charge is -2.42. The summed E-state index contributed by atoms with van der Waals surface area (Å²) in [7, 11) is 0. The maximum atomic E-state index is 2.45. The highest BCUT2D eigenvalue weighted by Gasteiger charge is 2.36. The Bertz CT molecular complexity index is 2430. The van der Waals surface area contributed by atoms with Gasteiger partial charge in [-0.05, 0) is 118 Å². The van der Waals surface area contributed by atoms with E-state index in [1.807, 2.05) is 11.3 Å². The minimum atomic E-state index is 0.715. The van der Waals surface area contributed by atoms with E-state index in [2.05, 4.69) is 175 Å². The molecule has 1 atom stereocenters. The third kappa shape index (κ3) is 5.63. The number of benzene rings is 7. The van der Waals surface area contributed by atoms with Gasteiger partial charge < -0.3 is 4.90 Å². The van der Waals surface area contributed by atoms with Gasteiger partial charge in [0.15, 0.2) is 0 Å². The standard InChI is InChI=1S/C50H41NS/c1-3-10-35(11-4-1)43-15-9-16-44(36-12-5-2-6-13-36)50(43)39-24-28-41(29-25-39)51(42-30-31-46-45-14-7-8-17-48(45)52-49(46)33-42)40-26-22-38(23-27-40)47-32-34-18-20-37(47)21-19-34/h1-17,22-31,33-34,37,47H,18-21,32H2. The molecule has 0 aliphatic heterocycles. The van der Waals surface area contributed by atoms with Crippen LogP contribution in [-0.2, 0) is 0 Å². The van der Waals surface area contributed by atoms with Crippen molar-refractivity contribution in [2.75, 3.05) is 4.90 Å². The maximum Gasteiger partial charge on any atom is 0.0476 e. The van der Waals surface area contributed by atoms with Crippen molar-refractivity contribution in [1.82, 2.24) is 0 Å². The van der Waals surface area contributed by atoms with Gasteiger partial charge in [-0.1, -0.05) is 140 Å². The molecule has 2 bridgehead atoms. The molecule has 7 aromatic carbocycles. The summed E-state index contributed by atoms with van der Waals surface area (Å²) in [5.74, 6) is 2.49. The van der Waals surface area contributed by atoms with Gasteiger partial charge in [0.25, 0.3) is 0 Å². The van der Waals surface area contributed by atoms with Crippen LogP contribution in [0.5, 0.6) is 0 Å². The fraction of sp³-hybridized carbons (Fsp3) is 0.160. The largest absolute Gasteiger partial charge is 0.310 e. The molecule has 1 unspecified atom stereocenters. The lowest BCUT2D eigenvalue weighted by atomic mass is 9.63. The van der Waals surface area contributed by atoms with Gasteiger partial charge in [0.1, 0.15) is 0 Å². The summed E-state index contributed by atoms with van der Waals surface area (Å²) in [4.78, 5) is 2.45. The zero-order valence-electron chi connectivity index (χ0n) is 29.3. The molecule has 8 aromatic rings. The van der Waals surface area contributed by atoms with Crippen LogP contribution in [0.1, 0.15) is 43.6 Å². The third-order valence-electron chi connectivity index (χ3n) is 11.9. The zero-order chi connectivity index (χ0) is 34.4. The molecule has 0 spiro atoms. The molecule has 1 heterocycles. The highest BCUT2D eigenvalue weighted by molar-refractivity contribution is 7.25. The van der Waals surface area contributed by atoms with Crippen LogP contribution in [0.25, 0.3) is 53.6 Å². The first kappa shape index (κ1) is 31.3. The summed E-state index contributed by atoms with van der Waals surface area (Å²) in [6.07, 6.45) is 7.05. The van der Waals surface area contributed by atoms with E-state index in [0.29, 0.717) is 5.92 Å². The van der Waals surface area contributed by atoms with Crippen molar-refractivity contribution in [3.05, 3.63) is 175 Å². The first-order chi connectivity index (χ1) is 25.8. The van der Waals surface area contributed by atoms with Gasteiger partial charge in [-0.3, -0.25) is 0 Å². The number of hydrogen-bond acceptors (Lipinski definition) is 2. The Morgan fingerprint density at radius 1 is 0.442 bits per heavy atom. The molecule has 1 aromatic heterocycles. The second kappa shape index (κ2) is 13.3. The maximum absolute atomic E-state index is 2.45. The van der Waals surface area contributed by atoms with Gasteiger partial charge in [-0.25, -0.2) is 0 Å². The second-order valence-corrected chi connectivity index (χ2v) is 15.9. The molecule has 11 rings (SSSR count). The third-order valence-corrected chi connectivity index (χ3v) is 13.0. The molecule has 2 heteroatoms. The SMILES string of the molecule is c1ccc(-c2cccc(-c3ccccc3)c2-c2ccc(N(c3ccc(C4CC5CCC4CC5)cc3)c3ccc4c(c3)sc3ccccc34)cc2)cc1. The molecule has 52 heavy (non-hydrogen) atoms. The highest BCUT2D eigenvalue weighted by atomic mass is 32.1. The van der Waals surface area contributed by atoms with Crippen molar-refractivity contribution in [3.63, 3.8) is 0 Å². The van der Waals surface area contributed by atoms with Crippen molar-refractivity contribution in [2.45, 2.75) is 38.0 Å². The van der Waals surface area contributed by atoms with Gasteiger partial charge in [0.2, 0.25) is 0 Å². The smallest absolute Gasteiger partial charge is 0.0476 e. The number of nitrogens with zero attached hydrogens (tertiary/aromatic N) is 1. The lowest BCUT2D eigenvalue weighted by Crippen LogP contribution is -2.29. The van der Waals surface area contributed by atoms with Crippen molar-refractivity contribution >= 4 is 48.6 Å². The lowest BCUT2D eigenvalue weighted by molar-refractivity contribution is 0.145. The second-order valence-electron chi connectivity index (χ2n) is 14.8. The number of fused-ring (bicyclic) bond motifs is 6. The average molecular weight is 688 g/mol. The number of thiophene rings is 1. The molecule has 3 saturated carbocycles. The molecule has 0 N–H and O–H groups in total. The van der Waals surface area contributed by atoms with Gasteiger partial charge in [-0.2, -0.15) is 0 Å². The molecule has 3 aliphatic carbocycles. The Balaban J connectivity index is 1.09. The predicted molar refractivity (Wildman–Crippen MR) is 223 cm³/mol. The van der Waals surface area contributed by atoms with E-state index in [9.17, 15) is 0 Å². The monoisotopic (exact) mass is 687 g/mol.